The number of fused-ring (bicyclic) bond motifs is 1. The van der Waals surface area contributed by atoms with Crippen molar-refractivity contribution in [2.45, 2.75) is 38.5 Å². The predicted molar refractivity (Wildman–Crippen MR) is 131 cm³/mol. The fourth-order valence-corrected chi connectivity index (χ4v) is 5.57. The van der Waals surface area contributed by atoms with Crippen LogP contribution in [0.5, 0.6) is 0 Å². The molecule has 0 unspecified atom stereocenters. The normalized spacial score (nSPS) is 23.7. The molecule has 0 bridgehead atoms. The van der Waals surface area contributed by atoms with E-state index in [0.29, 0.717) is 6.04 Å². The number of β-amino-alcohol motifs (C(OH)–C–C–N with tert-alkyl or cyclic N) is 1. The van der Waals surface area contributed by atoms with Crippen LogP contribution in [-0.4, -0.2) is 82.7 Å². The summed E-state index contributed by atoms with van der Waals surface area (Å²) in [5.74, 6) is 0. The van der Waals surface area contributed by atoms with E-state index < -0.39 is 0 Å². The van der Waals surface area contributed by atoms with Gasteiger partial charge in [0.05, 0.1) is 6.10 Å². The van der Waals surface area contributed by atoms with Crippen LogP contribution in [0.25, 0.3) is 10.9 Å². The number of H-pyrrole nitrogens is 1. The monoisotopic (exact) mass is 432 g/mol. The number of piperazine rings is 1. The third kappa shape index (κ3) is 4.76. The zero-order valence-electron chi connectivity index (χ0n) is 19.2. The van der Waals surface area contributed by atoms with Crippen molar-refractivity contribution in [2.24, 2.45) is 0 Å². The number of aliphatic hydroxyl groups is 1. The summed E-state index contributed by atoms with van der Waals surface area (Å²) in [5, 5.41) is 12.3. The zero-order chi connectivity index (χ0) is 21.9. The van der Waals surface area contributed by atoms with E-state index in [0.717, 1.165) is 65.2 Å². The average molecular weight is 433 g/mol. The van der Waals surface area contributed by atoms with Crippen LogP contribution in [0.15, 0.2) is 54.6 Å². The first-order valence-electron chi connectivity index (χ1n) is 12.1. The molecule has 1 aromatic heterocycles. The lowest BCUT2D eigenvalue weighted by atomic mass is 9.98. The summed E-state index contributed by atoms with van der Waals surface area (Å²) in [4.78, 5) is 11.1. The topological polar surface area (TPSA) is 45.7 Å². The van der Waals surface area contributed by atoms with Gasteiger partial charge in [0.2, 0.25) is 0 Å². The smallest absolute Gasteiger partial charge is 0.0822 e. The number of hydrogen-bond acceptors (Lipinski definition) is 4. The van der Waals surface area contributed by atoms with Crippen LogP contribution in [0.1, 0.15) is 23.2 Å². The predicted octanol–water partition coefficient (Wildman–Crippen LogP) is 3.27. The molecule has 2 atom stereocenters. The molecule has 0 aliphatic carbocycles. The van der Waals surface area contributed by atoms with Crippen molar-refractivity contribution in [3.8, 4) is 0 Å². The van der Waals surface area contributed by atoms with Crippen LogP contribution in [-0.2, 0) is 13.0 Å². The first-order valence-corrected chi connectivity index (χ1v) is 12.1. The summed E-state index contributed by atoms with van der Waals surface area (Å²) < 4.78 is 0. The summed E-state index contributed by atoms with van der Waals surface area (Å²) in [7, 11) is 0. The maximum Gasteiger partial charge on any atom is 0.0822 e. The quantitative estimate of drug-likeness (QED) is 0.628. The van der Waals surface area contributed by atoms with Crippen molar-refractivity contribution < 1.29 is 5.11 Å². The Hall–Kier alpha value is -2.18. The number of benzene rings is 2. The van der Waals surface area contributed by atoms with Gasteiger partial charge in [0.1, 0.15) is 0 Å². The molecule has 32 heavy (non-hydrogen) atoms. The Kier molecular flexibility index (Phi) is 6.60. The Morgan fingerprint density at radius 3 is 2.44 bits per heavy atom. The van der Waals surface area contributed by atoms with E-state index in [1.807, 2.05) is 0 Å². The van der Waals surface area contributed by atoms with Crippen LogP contribution >= 0.6 is 0 Å². The molecule has 2 aromatic carbocycles. The molecule has 0 spiro atoms. The second-order valence-corrected chi connectivity index (χ2v) is 9.55. The van der Waals surface area contributed by atoms with Crippen molar-refractivity contribution >= 4 is 10.9 Å². The molecule has 2 aliphatic heterocycles. The summed E-state index contributed by atoms with van der Waals surface area (Å²) in [6.07, 6.45) is 1.90. The van der Waals surface area contributed by atoms with Gasteiger partial charge >= 0.3 is 0 Å². The van der Waals surface area contributed by atoms with E-state index in [2.05, 4.69) is 81.2 Å². The molecular formula is C27H36N4O. The molecule has 0 amide bonds. The van der Waals surface area contributed by atoms with Gasteiger partial charge in [-0.05, 0) is 37.0 Å². The van der Waals surface area contributed by atoms with Crippen LogP contribution in [0.2, 0.25) is 0 Å². The number of aromatic nitrogens is 1. The van der Waals surface area contributed by atoms with Crippen LogP contribution in [0, 0.1) is 6.92 Å². The molecule has 0 saturated carbocycles. The second kappa shape index (κ2) is 9.75. The average Bonchev–Trinajstić information content (AvgIpc) is 3.14. The Labute approximate surface area is 191 Å². The van der Waals surface area contributed by atoms with Gasteiger partial charge in [-0.15, -0.1) is 0 Å². The highest BCUT2D eigenvalue weighted by molar-refractivity contribution is 5.84. The van der Waals surface area contributed by atoms with Gasteiger partial charge in [0.25, 0.3) is 0 Å². The van der Waals surface area contributed by atoms with Gasteiger partial charge in [-0.1, -0.05) is 48.5 Å². The third-order valence-corrected chi connectivity index (χ3v) is 7.47. The highest BCUT2D eigenvalue weighted by Gasteiger charge is 2.33. The molecule has 0 radical (unpaired) electrons. The standard InChI is InChI=1S/C27H36N4O/c1-21-24(23-9-5-6-10-25(23)28-21)19-30-14-12-26(27(32)20-30)31-17-15-29(16-18-31)13-11-22-7-3-2-4-8-22/h2-10,26-28,32H,11-20H2,1H3/t26-,27-/m1/s1. The van der Waals surface area contributed by atoms with Crippen LogP contribution in [0.4, 0.5) is 0 Å². The molecular weight excluding hydrogens is 396 g/mol. The molecule has 3 heterocycles. The maximum absolute atomic E-state index is 11.0. The van der Waals surface area contributed by atoms with Crippen molar-refractivity contribution in [1.29, 1.82) is 0 Å². The van der Waals surface area contributed by atoms with Crippen molar-refractivity contribution in [2.75, 3.05) is 45.8 Å². The lowest BCUT2D eigenvalue weighted by molar-refractivity contribution is -0.0307. The summed E-state index contributed by atoms with van der Waals surface area (Å²) >= 11 is 0. The van der Waals surface area contributed by atoms with Crippen molar-refractivity contribution in [1.82, 2.24) is 19.7 Å². The number of likely N-dealkylation sites (tertiary alicyclic amines) is 1. The summed E-state index contributed by atoms with van der Waals surface area (Å²) in [6, 6.07) is 19.6. The summed E-state index contributed by atoms with van der Waals surface area (Å²) in [5.41, 5.74) is 5.25. The highest BCUT2D eigenvalue weighted by atomic mass is 16.3. The van der Waals surface area contributed by atoms with E-state index in [9.17, 15) is 5.11 Å². The fourth-order valence-electron chi connectivity index (χ4n) is 5.57. The zero-order valence-corrected chi connectivity index (χ0v) is 19.2. The first-order chi connectivity index (χ1) is 15.7. The number of para-hydroxylation sites is 1. The molecule has 170 valence electrons. The minimum atomic E-state index is -0.273. The molecule has 2 saturated heterocycles. The van der Waals surface area contributed by atoms with Gasteiger partial charge in [0.15, 0.2) is 0 Å². The van der Waals surface area contributed by atoms with E-state index in [-0.39, 0.29) is 6.10 Å². The van der Waals surface area contributed by atoms with Gasteiger partial charge < -0.3 is 15.0 Å². The molecule has 5 heteroatoms. The van der Waals surface area contributed by atoms with Gasteiger partial charge in [0, 0.05) is 75.0 Å². The number of aromatic amines is 1. The number of rotatable bonds is 6. The van der Waals surface area contributed by atoms with Gasteiger partial charge in [-0.2, -0.15) is 0 Å². The van der Waals surface area contributed by atoms with E-state index >= 15 is 0 Å². The third-order valence-electron chi connectivity index (χ3n) is 7.47. The molecule has 2 fully saturated rings. The number of aryl methyl sites for hydroxylation is 1. The van der Waals surface area contributed by atoms with Gasteiger partial charge in [-0.25, -0.2) is 0 Å². The lowest BCUT2D eigenvalue weighted by Crippen LogP contribution is -2.58. The molecule has 3 aromatic rings. The Morgan fingerprint density at radius 1 is 0.906 bits per heavy atom. The second-order valence-electron chi connectivity index (χ2n) is 9.55. The van der Waals surface area contributed by atoms with E-state index in [1.165, 1.54) is 27.7 Å². The van der Waals surface area contributed by atoms with E-state index in [4.69, 9.17) is 0 Å². The lowest BCUT2D eigenvalue weighted by Gasteiger charge is -2.45. The molecule has 5 nitrogen and oxygen atoms in total. The first kappa shape index (κ1) is 21.7. The largest absolute Gasteiger partial charge is 0.390 e. The number of piperidine rings is 1. The molecule has 2 aliphatic rings. The van der Waals surface area contributed by atoms with Crippen molar-refractivity contribution in [3.63, 3.8) is 0 Å². The molecule has 2 N–H and O–H groups in total. The Morgan fingerprint density at radius 2 is 1.66 bits per heavy atom. The maximum atomic E-state index is 11.0. The minimum Gasteiger partial charge on any atom is -0.390 e. The van der Waals surface area contributed by atoms with E-state index in [1.54, 1.807) is 0 Å². The Balaban J connectivity index is 1.11. The number of hydrogen-bond donors (Lipinski definition) is 2. The highest BCUT2D eigenvalue weighted by Crippen LogP contribution is 2.26. The SMILES string of the molecule is Cc1[nH]c2ccccc2c1CN1CC[C@@H](N2CCN(CCc3ccccc3)CC2)[C@H](O)C1. The van der Waals surface area contributed by atoms with Crippen molar-refractivity contribution in [3.05, 3.63) is 71.4 Å². The summed E-state index contributed by atoms with van der Waals surface area (Å²) in [6.45, 7) is 10.4. The molecule has 5 rings (SSSR count). The fraction of sp³-hybridized carbons (Fsp3) is 0.481. The number of nitrogens with zero attached hydrogens (tertiary/aromatic N) is 3. The Bertz CT molecular complexity index is 1010. The van der Waals surface area contributed by atoms with Gasteiger partial charge in [-0.3, -0.25) is 9.80 Å². The van der Waals surface area contributed by atoms with Crippen LogP contribution in [0.3, 0.4) is 0 Å². The minimum absolute atomic E-state index is 0.273. The number of aliphatic hydroxyl groups excluding tert-OH is 1. The number of nitrogens with one attached hydrogen (secondary N) is 1. The van der Waals surface area contributed by atoms with Crippen LogP contribution < -0.4 is 0 Å².